The lowest BCUT2D eigenvalue weighted by Crippen LogP contribution is -2.12. The summed E-state index contributed by atoms with van der Waals surface area (Å²) < 4.78 is 33.5. The molecular formula is C15H11Br2NO3S. The van der Waals surface area contributed by atoms with Crippen LogP contribution in [0.1, 0.15) is 0 Å². The van der Waals surface area contributed by atoms with E-state index in [1.54, 1.807) is 30.5 Å². The zero-order valence-electron chi connectivity index (χ0n) is 11.5. The van der Waals surface area contributed by atoms with Crippen LogP contribution in [0.15, 0.2) is 62.5 Å². The number of ether oxygens (including phenoxy) is 1. The smallest absolute Gasteiger partial charge is 0.269 e. The minimum Gasteiger partial charge on any atom is -0.497 e. The van der Waals surface area contributed by atoms with Crippen LogP contribution in [-0.2, 0) is 10.0 Å². The molecule has 0 aliphatic heterocycles. The summed E-state index contributed by atoms with van der Waals surface area (Å²) in [4.78, 5) is 0.189. The van der Waals surface area contributed by atoms with E-state index in [4.69, 9.17) is 4.74 Å². The Morgan fingerprint density at radius 1 is 1.05 bits per heavy atom. The van der Waals surface area contributed by atoms with Gasteiger partial charge in [0.2, 0.25) is 0 Å². The van der Waals surface area contributed by atoms with Crippen molar-refractivity contribution in [3.8, 4) is 5.75 Å². The standard InChI is InChI=1S/C15H11Br2NO3S/c1-21-12-3-5-15(13(17)9-12)22(19,20)18-7-6-10-8-11(16)2-4-14(10)18/h2-9H,1H3. The van der Waals surface area contributed by atoms with Gasteiger partial charge in [0.25, 0.3) is 10.0 Å². The second-order valence-electron chi connectivity index (χ2n) is 4.62. The Hall–Kier alpha value is -1.31. The maximum absolute atomic E-state index is 12.9. The molecule has 0 aliphatic carbocycles. The fourth-order valence-electron chi connectivity index (χ4n) is 2.22. The van der Waals surface area contributed by atoms with E-state index in [1.807, 2.05) is 12.1 Å². The average molecular weight is 445 g/mol. The Morgan fingerprint density at radius 2 is 1.82 bits per heavy atom. The molecule has 0 aliphatic rings. The van der Waals surface area contributed by atoms with Crippen LogP contribution in [0.4, 0.5) is 0 Å². The predicted octanol–water partition coefficient (Wildman–Crippen LogP) is 4.41. The highest BCUT2D eigenvalue weighted by Gasteiger charge is 2.22. The van der Waals surface area contributed by atoms with Crippen molar-refractivity contribution in [2.45, 2.75) is 4.90 Å². The fraction of sp³-hybridized carbons (Fsp3) is 0.0667. The summed E-state index contributed by atoms with van der Waals surface area (Å²) in [6, 6.07) is 12.0. The van der Waals surface area contributed by atoms with Crippen molar-refractivity contribution in [3.05, 3.63) is 57.6 Å². The molecule has 0 radical (unpaired) electrons. The Morgan fingerprint density at radius 3 is 2.50 bits per heavy atom. The minimum atomic E-state index is -3.69. The van der Waals surface area contributed by atoms with Crippen LogP contribution in [0.5, 0.6) is 5.75 Å². The fourth-order valence-corrected chi connectivity index (χ4v) is 4.97. The molecule has 0 spiro atoms. The number of fused-ring (bicyclic) bond motifs is 1. The summed E-state index contributed by atoms with van der Waals surface area (Å²) in [6.07, 6.45) is 1.56. The first kappa shape index (κ1) is 15.6. The molecule has 0 N–H and O–H groups in total. The number of hydrogen-bond donors (Lipinski definition) is 0. The quantitative estimate of drug-likeness (QED) is 0.601. The summed E-state index contributed by atoms with van der Waals surface area (Å²) >= 11 is 6.69. The Bertz CT molecular complexity index is 964. The van der Waals surface area contributed by atoms with Gasteiger partial charge in [0.05, 0.1) is 12.6 Å². The summed E-state index contributed by atoms with van der Waals surface area (Å²) in [5, 5.41) is 0.850. The normalized spacial score (nSPS) is 11.8. The minimum absolute atomic E-state index is 0.189. The van der Waals surface area contributed by atoms with Gasteiger partial charge in [-0.2, -0.15) is 0 Å². The molecule has 0 amide bonds. The Balaban J connectivity index is 2.20. The van der Waals surface area contributed by atoms with Crippen molar-refractivity contribution in [1.29, 1.82) is 0 Å². The van der Waals surface area contributed by atoms with E-state index in [0.29, 0.717) is 15.7 Å². The molecule has 1 aromatic heterocycles. The summed E-state index contributed by atoms with van der Waals surface area (Å²) in [7, 11) is -2.16. The first-order valence-electron chi connectivity index (χ1n) is 6.29. The molecule has 114 valence electrons. The maximum Gasteiger partial charge on any atom is 0.269 e. The van der Waals surface area contributed by atoms with E-state index in [-0.39, 0.29) is 4.90 Å². The van der Waals surface area contributed by atoms with Gasteiger partial charge in [-0.15, -0.1) is 0 Å². The Labute approximate surface area is 145 Å². The maximum atomic E-state index is 12.9. The van der Waals surface area contributed by atoms with Gasteiger partial charge in [0, 0.05) is 20.5 Å². The Kier molecular flexibility index (Phi) is 4.05. The monoisotopic (exact) mass is 443 g/mol. The van der Waals surface area contributed by atoms with Gasteiger partial charge in [-0.1, -0.05) is 15.9 Å². The number of rotatable bonds is 3. The van der Waals surface area contributed by atoms with Gasteiger partial charge in [-0.3, -0.25) is 0 Å². The van der Waals surface area contributed by atoms with Gasteiger partial charge < -0.3 is 4.74 Å². The lowest BCUT2D eigenvalue weighted by atomic mass is 10.3. The summed E-state index contributed by atoms with van der Waals surface area (Å²) in [5.41, 5.74) is 0.630. The van der Waals surface area contributed by atoms with E-state index in [0.717, 1.165) is 9.86 Å². The SMILES string of the molecule is COc1ccc(S(=O)(=O)n2ccc3cc(Br)ccc32)c(Br)c1. The van der Waals surface area contributed by atoms with Gasteiger partial charge in [-0.25, -0.2) is 12.4 Å². The third-order valence-corrected chi connectivity index (χ3v) is 6.45. The van der Waals surface area contributed by atoms with Crippen LogP contribution < -0.4 is 4.74 Å². The highest BCUT2D eigenvalue weighted by molar-refractivity contribution is 9.10. The van der Waals surface area contributed by atoms with E-state index < -0.39 is 10.0 Å². The molecule has 22 heavy (non-hydrogen) atoms. The van der Waals surface area contributed by atoms with Crippen LogP contribution in [0, 0.1) is 0 Å². The topological polar surface area (TPSA) is 48.3 Å². The van der Waals surface area contributed by atoms with Crippen molar-refractivity contribution in [2.75, 3.05) is 7.11 Å². The molecule has 0 saturated heterocycles. The zero-order chi connectivity index (χ0) is 15.9. The molecule has 3 rings (SSSR count). The second-order valence-corrected chi connectivity index (χ2v) is 8.17. The summed E-state index contributed by atoms with van der Waals surface area (Å²) in [5.74, 6) is 0.590. The molecule has 0 unspecified atom stereocenters. The van der Waals surface area contributed by atoms with E-state index in [2.05, 4.69) is 31.9 Å². The molecule has 4 nitrogen and oxygen atoms in total. The van der Waals surface area contributed by atoms with Crippen molar-refractivity contribution in [3.63, 3.8) is 0 Å². The second kappa shape index (κ2) is 5.72. The number of methoxy groups -OCH3 is 1. The van der Waals surface area contributed by atoms with Crippen LogP contribution in [0.2, 0.25) is 0 Å². The van der Waals surface area contributed by atoms with E-state index in [9.17, 15) is 8.42 Å². The van der Waals surface area contributed by atoms with Crippen molar-refractivity contribution < 1.29 is 13.2 Å². The number of nitrogens with zero attached hydrogens (tertiary/aromatic N) is 1. The number of hydrogen-bond acceptors (Lipinski definition) is 3. The summed E-state index contributed by atoms with van der Waals surface area (Å²) in [6.45, 7) is 0. The van der Waals surface area contributed by atoms with Crippen molar-refractivity contribution in [1.82, 2.24) is 3.97 Å². The van der Waals surface area contributed by atoms with Crippen LogP contribution in [0.25, 0.3) is 10.9 Å². The molecule has 0 bridgehead atoms. The molecule has 7 heteroatoms. The average Bonchev–Trinajstić information content (AvgIpc) is 2.90. The first-order valence-corrected chi connectivity index (χ1v) is 9.32. The third kappa shape index (κ3) is 2.57. The highest BCUT2D eigenvalue weighted by Crippen LogP contribution is 2.30. The van der Waals surface area contributed by atoms with Crippen LogP contribution >= 0.6 is 31.9 Å². The molecule has 1 heterocycles. The van der Waals surface area contributed by atoms with Gasteiger partial charge in [-0.05, 0) is 58.4 Å². The molecule has 2 aromatic carbocycles. The van der Waals surface area contributed by atoms with Crippen LogP contribution in [0.3, 0.4) is 0 Å². The van der Waals surface area contributed by atoms with E-state index in [1.165, 1.54) is 17.1 Å². The molecule has 0 saturated carbocycles. The van der Waals surface area contributed by atoms with Crippen molar-refractivity contribution >= 4 is 52.8 Å². The van der Waals surface area contributed by atoms with E-state index >= 15 is 0 Å². The van der Waals surface area contributed by atoms with Crippen molar-refractivity contribution in [2.24, 2.45) is 0 Å². The van der Waals surface area contributed by atoms with Gasteiger partial charge in [0.1, 0.15) is 10.6 Å². The lowest BCUT2D eigenvalue weighted by Gasteiger charge is -2.10. The largest absolute Gasteiger partial charge is 0.497 e. The molecular weight excluding hydrogens is 434 g/mol. The third-order valence-electron chi connectivity index (χ3n) is 3.29. The van der Waals surface area contributed by atoms with Gasteiger partial charge in [0.15, 0.2) is 0 Å². The van der Waals surface area contributed by atoms with Gasteiger partial charge >= 0.3 is 0 Å². The molecule has 0 fully saturated rings. The number of benzene rings is 2. The zero-order valence-corrected chi connectivity index (χ0v) is 15.4. The molecule has 3 aromatic rings. The number of halogens is 2. The molecule has 0 atom stereocenters. The van der Waals surface area contributed by atoms with Crippen LogP contribution in [-0.4, -0.2) is 19.5 Å². The lowest BCUT2D eigenvalue weighted by molar-refractivity contribution is 0.414. The predicted molar refractivity (Wildman–Crippen MR) is 92.9 cm³/mol. The first-order chi connectivity index (χ1) is 10.4. The number of aromatic nitrogens is 1. The highest BCUT2D eigenvalue weighted by atomic mass is 79.9.